The zero-order valence-corrected chi connectivity index (χ0v) is 13.0. The first-order valence-electron chi connectivity index (χ1n) is 5.88. The van der Waals surface area contributed by atoms with Gasteiger partial charge in [-0.2, -0.15) is 0 Å². The van der Waals surface area contributed by atoms with Crippen LogP contribution in [0.25, 0.3) is 10.8 Å². The second kappa shape index (κ2) is 5.93. The molecule has 0 saturated heterocycles. The summed E-state index contributed by atoms with van der Waals surface area (Å²) in [5, 5.41) is 9.81. The van der Waals surface area contributed by atoms with Crippen LogP contribution in [0.4, 0.5) is 14.8 Å². The molecular formula is C13H6BrF2N3O2S. The molecule has 3 aromatic rings. The number of halogens is 3. The molecule has 9 heteroatoms. The molecule has 0 spiro atoms. The first-order chi connectivity index (χ1) is 10.5. The van der Waals surface area contributed by atoms with Crippen LogP contribution >= 0.6 is 27.3 Å². The Bertz CT molecular complexity index is 849. The first kappa shape index (κ1) is 14.8. The van der Waals surface area contributed by atoms with Gasteiger partial charge in [0.2, 0.25) is 0 Å². The van der Waals surface area contributed by atoms with Crippen LogP contribution in [0.15, 0.2) is 38.5 Å². The van der Waals surface area contributed by atoms with Crippen molar-refractivity contribution >= 4 is 39.2 Å². The van der Waals surface area contributed by atoms with Gasteiger partial charge in [-0.3, -0.25) is 10.1 Å². The number of carbonyl (C=O) groups is 1. The summed E-state index contributed by atoms with van der Waals surface area (Å²) in [5.74, 6) is -2.57. The van der Waals surface area contributed by atoms with E-state index < -0.39 is 17.5 Å². The van der Waals surface area contributed by atoms with E-state index in [4.69, 9.17) is 4.42 Å². The van der Waals surface area contributed by atoms with E-state index in [1.165, 1.54) is 11.3 Å². The molecule has 0 atom stereocenters. The van der Waals surface area contributed by atoms with Crippen LogP contribution < -0.4 is 5.32 Å². The van der Waals surface area contributed by atoms with Gasteiger partial charge >= 0.3 is 6.01 Å². The van der Waals surface area contributed by atoms with E-state index in [-0.39, 0.29) is 17.5 Å². The Balaban J connectivity index is 1.77. The highest BCUT2D eigenvalue weighted by atomic mass is 79.9. The average Bonchev–Trinajstić information content (AvgIpc) is 3.10. The van der Waals surface area contributed by atoms with Crippen molar-refractivity contribution in [2.24, 2.45) is 0 Å². The number of benzene rings is 1. The molecule has 1 amide bonds. The van der Waals surface area contributed by atoms with Crippen molar-refractivity contribution in [1.82, 2.24) is 10.2 Å². The fourth-order valence-electron chi connectivity index (χ4n) is 1.61. The summed E-state index contributed by atoms with van der Waals surface area (Å²) in [5.41, 5.74) is -0.0579. The SMILES string of the molecule is O=C(Nc1nnc(-c2ccc(Br)s2)o1)c1ccc(F)c(F)c1. The van der Waals surface area contributed by atoms with Gasteiger partial charge in [0.05, 0.1) is 8.66 Å². The summed E-state index contributed by atoms with van der Waals surface area (Å²) in [4.78, 5) is 12.6. The zero-order valence-electron chi connectivity index (χ0n) is 10.6. The number of aromatic nitrogens is 2. The summed E-state index contributed by atoms with van der Waals surface area (Å²) in [7, 11) is 0. The van der Waals surface area contributed by atoms with E-state index in [0.29, 0.717) is 0 Å². The molecule has 0 saturated carbocycles. The number of carbonyl (C=O) groups excluding carboxylic acids is 1. The normalized spacial score (nSPS) is 10.7. The minimum atomic E-state index is -1.11. The number of anilines is 1. The monoisotopic (exact) mass is 385 g/mol. The predicted molar refractivity (Wildman–Crippen MR) is 79.6 cm³/mol. The van der Waals surface area contributed by atoms with Gasteiger partial charge in [0.15, 0.2) is 11.6 Å². The van der Waals surface area contributed by atoms with E-state index in [1.807, 2.05) is 6.07 Å². The maximum Gasteiger partial charge on any atom is 0.322 e. The Morgan fingerprint density at radius 3 is 2.68 bits per heavy atom. The fourth-order valence-corrected chi connectivity index (χ4v) is 2.92. The summed E-state index contributed by atoms with van der Waals surface area (Å²) < 4.78 is 32.1. The van der Waals surface area contributed by atoms with E-state index in [9.17, 15) is 13.6 Å². The van der Waals surface area contributed by atoms with Crippen LogP contribution in [0.2, 0.25) is 0 Å². The van der Waals surface area contributed by atoms with E-state index in [1.54, 1.807) is 6.07 Å². The van der Waals surface area contributed by atoms with Crippen LogP contribution in [0, 0.1) is 11.6 Å². The van der Waals surface area contributed by atoms with Gasteiger partial charge in [0, 0.05) is 5.56 Å². The van der Waals surface area contributed by atoms with Crippen LogP contribution in [-0.4, -0.2) is 16.1 Å². The highest BCUT2D eigenvalue weighted by molar-refractivity contribution is 9.11. The number of nitrogens with one attached hydrogen (secondary N) is 1. The smallest absolute Gasteiger partial charge is 0.322 e. The van der Waals surface area contributed by atoms with Crippen LogP contribution in [0.5, 0.6) is 0 Å². The third-order valence-corrected chi connectivity index (χ3v) is 4.22. The molecule has 0 radical (unpaired) electrons. The van der Waals surface area contributed by atoms with Gasteiger partial charge in [-0.05, 0) is 46.3 Å². The molecule has 3 rings (SSSR count). The largest absolute Gasteiger partial charge is 0.402 e. The lowest BCUT2D eigenvalue weighted by Gasteiger charge is -2.01. The van der Waals surface area contributed by atoms with Gasteiger partial charge < -0.3 is 4.42 Å². The zero-order chi connectivity index (χ0) is 15.7. The molecule has 0 fully saturated rings. The van der Waals surface area contributed by atoms with Gasteiger partial charge in [0.25, 0.3) is 11.8 Å². The molecule has 0 unspecified atom stereocenters. The molecule has 0 aliphatic rings. The Kier molecular flexibility index (Phi) is 3.99. The van der Waals surface area contributed by atoms with Crippen molar-refractivity contribution < 1.29 is 18.0 Å². The van der Waals surface area contributed by atoms with Crippen LogP contribution in [-0.2, 0) is 0 Å². The van der Waals surface area contributed by atoms with Crippen LogP contribution in [0.1, 0.15) is 10.4 Å². The Morgan fingerprint density at radius 2 is 2.00 bits per heavy atom. The predicted octanol–water partition coefficient (Wildman–Crippen LogP) is 4.09. The minimum Gasteiger partial charge on any atom is -0.402 e. The highest BCUT2D eigenvalue weighted by Crippen LogP contribution is 2.31. The quantitative estimate of drug-likeness (QED) is 0.736. The standard InChI is InChI=1S/C13H6BrF2N3O2S/c14-10-4-3-9(22-10)12-18-19-13(21-12)17-11(20)6-1-2-7(15)8(16)5-6/h1-5H,(H,17,19,20). The summed E-state index contributed by atoms with van der Waals surface area (Å²) in [6.07, 6.45) is 0. The molecule has 2 heterocycles. The molecule has 0 aliphatic carbocycles. The third-order valence-electron chi connectivity index (χ3n) is 2.61. The molecule has 112 valence electrons. The molecule has 0 aliphatic heterocycles. The lowest BCUT2D eigenvalue weighted by Crippen LogP contribution is -2.12. The van der Waals surface area contributed by atoms with Gasteiger partial charge in [-0.1, -0.05) is 5.10 Å². The molecule has 1 aromatic carbocycles. The highest BCUT2D eigenvalue weighted by Gasteiger charge is 2.15. The summed E-state index contributed by atoms with van der Waals surface area (Å²) in [6.45, 7) is 0. The Hall–Kier alpha value is -2.13. The Labute approximate surface area is 135 Å². The number of rotatable bonds is 3. The second-order valence-electron chi connectivity index (χ2n) is 4.10. The van der Waals surface area contributed by atoms with Crippen molar-refractivity contribution in [1.29, 1.82) is 0 Å². The molecule has 1 N–H and O–H groups in total. The van der Waals surface area contributed by atoms with E-state index in [2.05, 4.69) is 31.4 Å². The first-order valence-corrected chi connectivity index (χ1v) is 7.49. The van der Waals surface area contributed by atoms with Crippen molar-refractivity contribution in [2.45, 2.75) is 0 Å². The topological polar surface area (TPSA) is 68.0 Å². The lowest BCUT2D eigenvalue weighted by atomic mass is 10.2. The number of thiophene rings is 1. The molecule has 0 bridgehead atoms. The van der Waals surface area contributed by atoms with Crippen LogP contribution in [0.3, 0.4) is 0 Å². The van der Waals surface area contributed by atoms with E-state index >= 15 is 0 Å². The third kappa shape index (κ3) is 3.04. The molecular weight excluding hydrogens is 380 g/mol. The van der Waals surface area contributed by atoms with Crippen molar-refractivity contribution in [3.8, 4) is 10.8 Å². The maximum atomic E-state index is 13.1. The fraction of sp³-hybridized carbons (Fsp3) is 0. The molecule has 5 nitrogen and oxygen atoms in total. The number of hydrogen-bond donors (Lipinski definition) is 1. The summed E-state index contributed by atoms with van der Waals surface area (Å²) in [6, 6.07) is 6.29. The van der Waals surface area contributed by atoms with Gasteiger partial charge in [0.1, 0.15) is 0 Å². The van der Waals surface area contributed by atoms with Gasteiger partial charge in [-0.15, -0.1) is 16.4 Å². The Morgan fingerprint density at radius 1 is 1.18 bits per heavy atom. The average molecular weight is 386 g/mol. The van der Waals surface area contributed by atoms with Gasteiger partial charge in [-0.25, -0.2) is 8.78 Å². The molecule has 22 heavy (non-hydrogen) atoms. The number of hydrogen-bond acceptors (Lipinski definition) is 5. The number of nitrogens with zero attached hydrogens (tertiary/aromatic N) is 2. The molecule has 2 aromatic heterocycles. The van der Waals surface area contributed by atoms with Crippen molar-refractivity contribution in [3.05, 3.63) is 51.3 Å². The minimum absolute atomic E-state index is 0.0579. The van der Waals surface area contributed by atoms with E-state index in [0.717, 1.165) is 26.9 Å². The van der Waals surface area contributed by atoms with Crippen molar-refractivity contribution in [3.63, 3.8) is 0 Å². The second-order valence-corrected chi connectivity index (χ2v) is 6.56. The van der Waals surface area contributed by atoms with Crippen molar-refractivity contribution in [2.75, 3.05) is 5.32 Å². The maximum absolute atomic E-state index is 13.1. The number of amides is 1. The lowest BCUT2D eigenvalue weighted by molar-refractivity contribution is 0.102. The summed E-state index contributed by atoms with van der Waals surface area (Å²) >= 11 is 4.70.